The van der Waals surface area contributed by atoms with Gasteiger partial charge in [0.25, 0.3) is 27.8 Å². The summed E-state index contributed by atoms with van der Waals surface area (Å²) in [6.07, 6.45) is -11.0. The van der Waals surface area contributed by atoms with Crippen LogP contribution in [0.5, 0.6) is 0 Å². The number of anilines is 5. The number of ether oxygens (including phenoxy) is 6. The number of rotatable bonds is 18. The summed E-state index contributed by atoms with van der Waals surface area (Å²) in [7, 11) is 0. The van der Waals surface area contributed by atoms with Gasteiger partial charge in [0.1, 0.15) is 11.7 Å². The molecule has 44 nitrogen and oxygen atoms in total. The minimum absolute atomic E-state index is 0.00597. The maximum absolute atomic E-state index is 15.1. The number of nitrogens with zero attached hydrogens (tertiary/aromatic N) is 15. The Morgan fingerprint density at radius 3 is 1.00 bits per heavy atom. The lowest BCUT2D eigenvalue weighted by Crippen LogP contribution is -2.35. The molecule has 0 radical (unpaired) electrons. The molecule has 5 aliphatic rings. The first kappa shape index (κ1) is 90.9. The number of esters is 1. The molecule has 5 saturated heterocycles. The number of imidazole rings is 5. The highest BCUT2D eigenvalue weighted by atomic mass is 19.2. The molecule has 20 atom stereocenters. The Balaban J connectivity index is 0.000000154. The fourth-order valence-electron chi connectivity index (χ4n) is 13.7. The van der Waals surface area contributed by atoms with E-state index < -0.39 is 156 Å². The van der Waals surface area contributed by atoms with E-state index in [0.29, 0.717) is 12.8 Å². The van der Waals surface area contributed by atoms with E-state index in [1.807, 2.05) is 6.92 Å². The largest absolute Gasteiger partial charge is 0.458 e. The number of nitrogen functional groups attached to an aromatic ring is 1. The summed E-state index contributed by atoms with van der Waals surface area (Å²) >= 11 is 0. The highest BCUT2D eigenvalue weighted by Crippen LogP contribution is 2.43. The van der Waals surface area contributed by atoms with Crippen molar-refractivity contribution in [1.29, 1.82) is 0 Å². The number of fused-ring (bicyclic) bond motifs is 5. The van der Waals surface area contributed by atoms with Gasteiger partial charge in [0.15, 0.2) is 124 Å². The third-order valence-electron chi connectivity index (χ3n) is 21.1. The van der Waals surface area contributed by atoms with Gasteiger partial charge in [-0.1, -0.05) is 96.9 Å². The van der Waals surface area contributed by atoms with Crippen LogP contribution in [0.4, 0.5) is 51.7 Å². The standard InChI is InChI=1S/C19H26FN5O5.C16H22FN5O3.2C15H20FN5O4.C11H14FN5O3/c1-8(2)14(26)23-18-22-13-11(15(27)24-18)21-7-25(13)16-10(20)9(3)12(29-16)17(28)30-19(4,5)6;1-5-9-8(4)10(17)15(25-9)22-6-18-11-12(22)19-16(21-14(11)24)20-13(23)7(2)3;1-6(2)12(23)19-15-18-11-10(13(24)20-15)17-5-21(11)14-9(16)7(3)8(4-22)25-14;1-4-7-10(22)8(16)14(25-7)21-5-17-9-11(21)18-15(20-13(9)24)19-12(23)6(2)3;1-4-5(2-18)20-10(6(4)12)17-3-14-7-8(17)15-11(13)16-9(7)19/h7-10,12,16H,1-6H3,(H2,22,23,24,26,27);6-10,15H,5H2,1-4H3,(H2,19,20,21,23,24);5-9,14,22H,4H2,1-3H3,(H2,18,19,20,23,24);5-8,10,14,22H,4H2,1-3H3,(H2,18,19,20,23,24);3-6,10,18H,2H2,1H3,(H3,13,15,16,19)/t9-,10+,12-,16+;8-,9-,10-,15-;7-,8-,9-,14-;7-,8-,10-,14-;4-,5-,6-,10-/m01111/s1/i;;;;2D2. The minimum atomic E-state index is -2.70. The third kappa shape index (κ3) is 19.8. The number of halogens is 5. The van der Waals surface area contributed by atoms with Crippen LogP contribution in [0.1, 0.15) is 164 Å². The van der Waals surface area contributed by atoms with Crippen LogP contribution >= 0.6 is 0 Å². The van der Waals surface area contributed by atoms with E-state index in [1.165, 1.54) is 61.4 Å². The van der Waals surface area contributed by atoms with Crippen molar-refractivity contribution in [1.82, 2.24) is 97.6 Å². The zero-order valence-electron chi connectivity index (χ0n) is 72.9. The van der Waals surface area contributed by atoms with Crippen LogP contribution in [-0.2, 0) is 52.4 Å². The highest BCUT2D eigenvalue weighted by Gasteiger charge is 2.51. The second kappa shape index (κ2) is 38.4. The van der Waals surface area contributed by atoms with Gasteiger partial charge in [0.2, 0.25) is 53.4 Å². The van der Waals surface area contributed by atoms with Crippen LogP contribution in [0.2, 0.25) is 0 Å². The van der Waals surface area contributed by atoms with Gasteiger partial charge in [-0.05, 0) is 33.6 Å². The summed E-state index contributed by atoms with van der Waals surface area (Å²) in [5.41, 5.74) is 2.34. The number of amides is 4. The lowest BCUT2D eigenvalue weighted by molar-refractivity contribution is -0.171. The topological polar surface area (TPSA) is 593 Å². The quantitative estimate of drug-likeness (QED) is 0.0406. The van der Waals surface area contributed by atoms with Crippen molar-refractivity contribution in [3.05, 3.63) is 83.4 Å². The fraction of sp³-hybridized carbons (Fsp3) is 0.605. The molecule has 5 fully saturated rings. The number of carbonyl (C=O) groups is 5. The SMILES string of the molecule is CC(C)C(=O)Nc1nc2c(ncn2[C@@H]2O[C@H](C(=O)OC(C)(C)C)[C@@H](C)[C@H]2F)c(=O)[nH]1.CC(C)C(=O)Nc1nc2c(ncn2[C@@H]2O[C@H](CO)[C@@H](C)[C@H]2F)c(=O)[nH]1.CC[C@H]1O[C@@H](n2cnc3c(=O)[nH]c(NC(=O)C(C)C)nc32)[C@H](F)[C@@H]1C.CC[C@H]1O[C@@H](n2cnc3c(=O)[nH]c(NC(=O)C(C)C)nc32)[C@H](F)[C@@H]1O.[2H]C([2H])(O)[C@H]1O[C@@H](n2cnc3c(=O)[nH]c(N)nc32)[C@H](F)[C@@H]1C. The third-order valence-corrected chi connectivity index (χ3v) is 21.1. The summed E-state index contributed by atoms with van der Waals surface area (Å²) < 4.78 is 127. The number of hydrogen-bond acceptors (Lipinski definition) is 30. The van der Waals surface area contributed by atoms with Crippen molar-refractivity contribution in [2.75, 3.05) is 40.2 Å². The number of nitrogens with one attached hydrogen (secondary N) is 9. The molecule has 0 aliphatic carbocycles. The van der Waals surface area contributed by atoms with E-state index in [-0.39, 0.29) is 151 Å². The Labute approximate surface area is 708 Å². The Morgan fingerprint density at radius 1 is 0.448 bits per heavy atom. The molecule has 4 amide bonds. The summed E-state index contributed by atoms with van der Waals surface area (Å²) in [5.74, 6) is -5.96. The van der Waals surface area contributed by atoms with Crippen LogP contribution in [0.3, 0.4) is 0 Å². The predicted octanol–water partition coefficient (Wildman–Crippen LogP) is 4.79. The normalized spacial score (nSPS) is 26.9. The van der Waals surface area contributed by atoms with E-state index in [9.17, 15) is 80.8 Å². The molecule has 15 heterocycles. The number of hydrogen-bond donors (Lipinski definition) is 13. The van der Waals surface area contributed by atoms with Crippen molar-refractivity contribution >= 4 is 115 Å². The molecule has 15 rings (SSSR count). The number of nitrogens with two attached hydrogens (primary N) is 1. The number of aliphatic hydroxyl groups excluding tert-OH is 2. The molecule has 10 aromatic heterocycles. The first-order valence-corrected chi connectivity index (χ1v) is 40.1. The first-order chi connectivity index (χ1) is 59.6. The number of carbonyl (C=O) groups excluding carboxylic acids is 5. The molecule has 0 bridgehead atoms. The molecule has 14 N–H and O–H groups in total. The summed E-state index contributed by atoms with van der Waals surface area (Å²) in [4.78, 5) is 173. The van der Waals surface area contributed by atoms with Gasteiger partial charge in [-0.3, -0.25) is 112 Å². The molecular weight excluding hydrogens is 1660 g/mol. The smallest absolute Gasteiger partial charge is 0.336 e. The number of aromatic amines is 5. The molecule has 680 valence electrons. The van der Waals surface area contributed by atoms with Crippen LogP contribution < -0.4 is 54.8 Å². The number of alkyl halides is 5. The van der Waals surface area contributed by atoms with Crippen LogP contribution in [0.25, 0.3) is 55.8 Å². The van der Waals surface area contributed by atoms with Gasteiger partial charge < -0.3 is 49.5 Å². The van der Waals surface area contributed by atoms with Crippen molar-refractivity contribution in [3.8, 4) is 0 Å². The molecule has 10 aromatic rings. The Kier molecular flexibility index (Phi) is 27.9. The summed E-state index contributed by atoms with van der Waals surface area (Å²) in [5, 5.41) is 38.7. The Morgan fingerprint density at radius 2 is 0.720 bits per heavy atom. The Bertz CT molecular complexity index is 5670. The monoisotopic (exact) mass is 1770 g/mol. The number of H-pyrrole nitrogens is 5. The summed E-state index contributed by atoms with van der Waals surface area (Å²) in [6.45, 7) is 25.9. The lowest BCUT2D eigenvalue weighted by atomic mass is 10.00. The fourth-order valence-corrected chi connectivity index (χ4v) is 13.7. The highest BCUT2D eigenvalue weighted by molar-refractivity contribution is 5.93. The second-order valence-electron chi connectivity index (χ2n) is 32.7. The van der Waals surface area contributed by atoms with Crippen molar-refractivity contribution in [3.63, 3.8) is 0 Å². The lowest BCUT2D eigenvalue weighted by Gasteiger charge is -2.23. The van der Waals surface area contributed by atoms with Crippen LogP contribution in [0.15, 0.2) is 55.6 Å². The van der Waals surface area contributed by atoms with Gasteiger partial charge in [0.05, 0.1) is 72.0 Å². The van der Waals surface area contributed by atoms with Gasteiger partial charge in [0, 0.05) is 47.3 Å². The average molecular weight is 1770 g/mol. The molecule has 0 saturated carbocycles. The molecule has 0 spiro atoms. The zero-order chi connectivity index (χ0) is 93.5. The molecule has 49 heteroatoms. The van der Waals surface area contributed by atoms with E-state index in [1.54, 1.807) is 104 Å². The van der Waals surface area contributed by atoms with E-state index in [4.69, 9.17) is 36.9 Å². The summed E-state index contributed by atoms with van der Waals surface area (Å²) in [6, 6.07) is 0. The Hall–Kier alpha value is -11.8. The second-order valence-corrected chi connectivity index (χ2v) is 32.7. The van der Waals surface area contributed by atoms with E-state index in [2.05, 4.69) is 96.0 Å². The molecule has 0 unspecified atom stereocenters. The number of aromatic nitrogens is 20. The van der Waals surface area contributed by atoms with Gasteiger partial charge in [-0.25, -0.2) is 51.7 Å². The van der Waals surface area contributed by atoms with Gasteiger partial charge >= 0.3 is 5.97 Å². The van der Waals surface area contributed by atoms with Gasteiger partial charge in [-0.2, -0.15) is 24.9 Å². The van der Waals surface area contributed by atoms with E-state index in [0.717, 1.165) is 0 Å². The predicted molar refractivity (Wildman–Crippen MR) is 436 cm³/mol. The first-order valence-electron chi connectivity index (χ1n) is 41.1. The van der Waals surface area contributed by atoms with Crippen LogP contribution in [0, 0.1) is 47.3 Å². The zero-order valence-corrected chi connectivity index (χ0v) is 70.9. The maximum atomic E-state index is 15.1. The maximum Gasteiger partial charge on any atom is 0.336 e. The molecule has 0 aromatic carbocycles. The van der Waals surface area contributed by atoms with Crippen molar-refractivity contribution in [2.24, 2.45) is 47.3 Å². The van der Waals surface area contributed by atoms with Gasteiger partial charge in [-0.15, -0.1) is 0 Å². The van der Waals surface area contributed by atoms with Crippen LogP contribution in [-0.4, -0.2) is 229 Å². The molecule has 125 heavy (non-hydrogen) atoms. The number of aliphatic hydroxyl groups is 3. The molecule has 5 aliphatic heterocycles. The van der Waals surface area contributed by atoms with E-state index >= 15 is 4.39 Å². The average Bonchev–Trinajstić information content (AvgIpc) is 1.62. The van der Waals surface area contributed by atoms with Crippen molar-refractivity contribution in [2.45, 2.75) is 235 Å². The molecular formula is C76H102F5N25O19. The van der Waals surface area contributed by atoms with Crippen molar-refractivity contribution < 1.29 is 92.4 Å². The minimum Gasteiger partial charge on any atom is -0.458 e.